The van der Waals surface area contributed by atoms with Crippen LogP contribution in [0.3, 0.4) is 0 Å². The molecule has 0 aliphatic carbocycles. The van der Waals surface area contributed by atoms with E-state index >= 15 is 0 Å². The zero-order chi connectivity index (χ0) is 17.9. The van der Waals surface area contributed by atoms with Crippen molar-refractivity contribution in [3.8, 4) is 11.4 Å². The molecule has 1 unspecified atom stereocenters. The zero-order valence-corrected chi connectivity index (χ0v) is 14.7. The van der Waals surface area contributed by atoms with E-state index in [0.717, 1.165) is 36.3 Å². The van der Waals surface area contributed by atoms with Gasteiger partial charge < -0.3 is 15.3 Å². The number of urea groups is 1. The van der Waals surface area contributed by atoms with Crippen molar-refractivity contribution in [1.29, 1.82) is 0 Å². The van der Waals surface area contributed by atoms with Crippen LogP contribution in [0.1, 0.15) is 31.2 Å². The molecule has 134 valence electrons. The summed E-state index contributed by atoms with van der Waals surface area (Å²) in [5.41, 5.74) is 1.72. The lowest BCUT2D eigenvalue weighted by molar-refractivity contribution is 0.0614. The van der Waals surface area contributed by atoms with Crippen LogP contribution in [-0.4, -0.2) is 50.9 Å². The summed E-state index contributed by atoms with van der Waals surface area (Å²) in [7, 11) is 0. The molecule has 1 saturated heterocycles. The van der Waals surface area contributed by atoms with E-state index in [1.807, 2.05) is 38.1 Å². The minimum atomic E-state index is -0.195. The fraction of sp³-hybridized carbons (Fsp3) is 0.500. The number of rotatable bonds is 4. The highest BCUT2D eigenvalue weighted by molar-refractivity contribution is 5.74. The fourth-order valence-corrected chi connectivity index (χ4v) is 3.20. The highest BCUT2D eigenvalue weighted by Crippen LogP contribution is 2.28. The number of likely N-dealkylation sites (tertiary alicyclic amines) is 1. The van der Waals surface area contributed by atoms with E-state index in [2.05, 4.69) is 20.5 Å². The van der Waals surface area contributed by atoms with Gasteiger partial charge in [-0.1, -0.05) is 25.1 Å². The molecular formula is C18H25N5O2. The fourth-order valence-electron chi connectivity index (χ4n) is 3.20. The third-order valence-electron chi connectivity index (χ3n) is 4.68. The van der Waals surface area contributed by atoms with E-state index in [9.17, 15) is 9.90 Å². The third kappa shape index (κ3) is 4.17. The maximum Gasteiger partial charge on any atom is 0.317 e. The highest BCUT2D eigenvalue weighted by Gasteiger charge is 2.32. The van der Waals surface area contributed by atoms with Crippen LogP contribution >= 0.6 is 0 Å². The number of piperidine rings is 1. The van der Waals surface area contributed by atoms with Crippen molar-refractivity contribution in [1.82, 2.24) is 25.4 Å². The number of nitrogens with one attached hydrogen (secondary N) is 2. The average molecular weight is 343 g/mol. The molecule has 3 rings (SSSR count). The Hall–Kier alpha value is -2.41. The maximum atomic E-state index is 12.4. The van der Waals surface area contributed by atoms with Gasteiger partial charge in [-0.3, -0.25) is 5.10 Å². The van der Waals surface area contributed by atoms with Crippen LogP contribution in [0.5, 0.6) is 0 Å². The Morgan fingerprint density at radius 2 is 2.32 bits per heavy atom. The lowest BCUT2D eigenvalue weighted by Gasteiger charge is -2.39. The first kappa shape index (κ1) is 17.4. The summed E-state index contributed by atoms with van der Waals surface area (Å²) in [6, 6.07) is 7.75. The van der Waals surface area contributed by atoms with Gasteiger partial charge in [-0.15, -0.1) is 0 Å². The number of nitrogens with zero attached hydrogens (tertiary/aromatic N) is 3. The van der Waals surface area contributed by atoms with E-state index < -0.39 is 0 Å². The minimum absolute atomic E-state index is 0.0847. The van der Waals surface area contributed by atoms with Crippen molar-refractivity contribution < 1.29 is 9.90 Å². The molecular weight excluding hydrogens is 318 g/mol. The number of aromatic amines is 1. The van der Waals surface area contributed by atoms with Crippen LogP contribution in [0.15, 0.2) is 24.3 Å². The number of amides is 2. The minimum Gasteiger partial charge on any atom is -0.396 e. The first-order valence-corrected chi connectivity index (χ1v) is 8.61. The number of aliphatic hydroxyl groups is 1. The van der Waals surface area contributed by atoms with Gasteiger partial charge in [0.15, 0.2) is 5.82 Å². The van der Waals surface area contributed by atoms with Crippen LogP contribution in [0.25, 0.3) is 11.4 Å². The smallest absolute Gasteiger partial charge is 0.317 e. The molecule has 7 nitrogen and oxygen atoms in total. The quantitative estimate of drug-likeness (QED) is 0.792. The zero-order valence-electron chi connectivity index (χ0n) is 14.7. The Labute approximate surface area is 147 Å². The summed E-state index contributed by atoms with van der Waals surface area (Å²) >= 11 is 0. The second kappa shape index (κ2) is 7.23. The SMILES string of the molecule is Cc1nc(-c2cccc(CNC(=O)N3CCCC(C)(CO)C3)c2)n[nH]1. The van der Waals surface area contributed by atoms with E-state index in [4.69, 9.17) is 0 Å². The molecule has 2 heterocycles. The lowest BCUT2D eigenvalue weighted by atomic mass is 9.83. The molecule has 2 aromatic rings. The third-order valence-corrected chi connectivity index (χ3v) is 4.68. The molecule has 1 aromatic carbocycles. The van der Waals surface area contributed by atoms with Crippen LogP contribution in [0.2, 0.25) is 0 Å². The van der Waals surface area contributed by atoms with Crippen molar-refractivity contribution in [2.45, 2.75) is 33.2 Å². The van der Waals surface area contributed by atoms with Gasteiger partial charge in [0, 0.05) is 30.6 Å². The molecule has 1 aromatic heterocycles. The molecule has 0 bridgehead atoms. The summed E-state index contributed by atoms with van der Waals surface area (Å²) in [4.78, 5) is 18.6. The Balaban J connectivity index is 1.61. The van der Waals surface area contributed by atoms with Gasteiger partial charge in [-0.2, -0.15) is 5.10 Å². The number of H-pyrrole nitrogens is 1. The molecule has 1 aliphatic heterocycles. The first-order valence-electron chi connectivity index (χ1n) is 8.61. The van der Waals surface area contributed by atoms with E-state index in [-0.39, 0.29) is 18.1 Å². The van der Waals surface area contributed by atoms with Crippen LogP contribution in [-0.2, 0) is 6.54 Å². The monoisotopic (exact) mass is 343 g/mol. The van der Waals surface area contributed by atoms with Gasteiger partial charge in [-0.05, 0) is 31.4 Å². The molecule has 3 N–H and O–H groups in total. The number of benzene rings is 1. The normalized spacial score (nSPS) is 20.5. The summed E-state index contributed by atoms with van der Waals surface area (Å²) < 4.78 is 0. The Bertz CT molecular complexity index is 745. The van der Waals surface area contributed by atoms with Crippen LogP contribution < -0.4 is 5.32 Å². The Morgan fingerprint density at radius 1 is 1.48 bits per heavy atom. The number of aryl methyl sites for hydroxylation is 1. The second-order valence-electron chi connectivity index (χ2n) is 7.10. The maximum absolute atomic E-state index is 12.4. The number of carbonyl (C=O) groups is 1. The summed E-state index contributed by atoms with van der Waals surface area (Å²) in [5, 5.41) is 19.5. The van der Waals surface area contributed by atoms with Crippen molar-refractivity contribution in [2.24, 2.45) is 5.41 Å². The van der Waals surface area contributed by atoms with Crippen LogP contribution in [0.4, 0.5) is 4.79 Å². The van der Waals surface area contributed by atoms with Gasteiger partial charge in [0.25, 0.3) is 0 Å². The molecule has 25 heavy (non-hydrogen) atoms. The van der Waals surface area contributed by atoms with E-state index in [1.165, 1.54) is 0 Å². The molecule has 0 saturated carbocycles. The van der Waals surface area contributed by atoms with Gasteiger partial charge in [0.1, 0.15) is 5.82 Å². The van der Waals surface area contributed by atoms with Gasteiger partial charge in [0.05, 0.1) is 6.61 Å². The van der Waals surface area contributed by atoms with Crippen molar-refractivity contribution >= 4 is 6.03 Å². The summed E-state index contributed by atoms with van der Waals surface area (Å²) in [5.74, 6) is 1.42. The Kier molecular flexibility index (Phi) is 5.03. The van der Waals surface area contributed by atoms with Crippen molar-refractivity contribution in [2.75, 3.05) is 19.7 Å². The molecule has 1 aliphatic rings. The molecule has 7 heteroatoms. The second-order valence-corrected chi connectivity index (χ2v) is 7.10. The lowest BCUT2D eigenvalue weighted by Crippen LogP contribution is -2.49. The Morgan fingerprint density at radius 3 is 3.04 bits per heavy atom. The molecule has 1 fully saturated rings. The molecule has 0 spiro atoms. The highest BCUT2D eigenvalue weighted by atomic mass is 16.3. The number of hydrogen-bond donors (Lipinski definition) is 3. The van der Waals surface area contributed by atoms with Crippen molar-refractivity contribution in [3.63, 3.8) is 0 Å². The van der Waals surface area contributed by atoms with Gasteiger partial charge >= 0.3 is 6.03 Å². The largest absolute Gasteiger partial charge is 0.396 e. The first-order chi connectivity index (χ1) is 12.0. The number of aliphatic hydroxyl groups excluding tert-OH is 1. The van der Waals surface area contributed by atoms with Gasteiger partial charge in [0.2, 0.25) is 0 Å². The average Bonchev–Trinajstić information content (AvgIpc) is 3.06. The van der Waals surface area contributed by atoms with E-state index in [1.54, 1.807) is 4.90 Å². The van der Waals surface area contributed by atoms with Crippen LogP contribution in [0, 0.1) is 12.3 Å². The van der Waals surface area contributed by atoms with Crippen molar-refractivity contribution in [3.05, 3.63) is 35.7 Å². The van der Waals surface area contributed by atoms with E-state index in [0.29, 0.717) is 18.9 Å². The summed E-state index contributed by atoms with van der Waals surface area (Å²) in [6.45, 7) is 5.76. The molecule has 0 radical (unpaired) electrons. The molecule has 1 atom stereocenters. The van der Waals surface area contributed by atoms with Gasteiger partial charge in [-0.25, -0.2) is 9.78 Å². The topological polar surface area (TPSA) is 94.1 Å². The standard InChI is InChI=1S/C18H25N5O2/c1-13-20-16(22-21-13)15-6-3-5-14(9-15)10-19-17(25)23-8-4-7-18(2,11-23)12-24/h3,5-6,9,24H,4,7-8,10-12H2,1-2H3,(H,19,25)(H,20,21,22). The number of aromatic nitrogens is 3. The number of carbonyl (C=O) groups excluding carboxylic acids is 1. The number of hydrogen-bond acceptors (Lipinski definition) is 4. The summed E-state index contributed by atoms with van der Waals surface area (Å²) in [6.07, 6.45) is 1.87. The predicted molar refractivity (Wildman–Crippen MR) is 94.8 cm³/mol. The predicted octanol–water partition coefficient (Wildman–Crippen LogP) is 2.08. The molecule has 2 amide bonds.